The molecular formula is C28H28N2S. The summed E-state index contributed by atoms with van der Waals surface area (Å²) in [6, 6.07) is 30.3. The summed E-state index contributed by atoms with van der Waals surface area (Å²) in [7, 11) is 0. The van der Waals surface area contributed by atoms with Gasteiger partial charge in [-0.1, -0.05) is 48.5 Å². The number of nitrogens with zero attached hydrogens (tertiary/aromatic N) is 1. The number of fused-ring (bicyclic) bond motifs is 3. The van der Waals surface area contributed by atoms with Crippen LogP contribution in [0.1, 0.15) is 31.2 Å². The van der Waals surface area contributed by atoms with Crippen molar-refractivity contribution in [2.75, 3.05) is 10.7 Å². The Morgan fingerprint density at radius 2 is 1.68 bits per heavy atom. The van der Waals surface area contributed by atoms with E-state index in [2.05, 4.69) is 88.7 Å². The van der Waals surface area contributed by atoms with Gasteiger partial charge in [0.05, 0.1) is 0 Å². The van der Waals surface area contributed by atoms with Crippen LogP contribution >= 0.6 is 11.8 Å². The quantitative estimate of drug-likeness (QED) is 0.327. The van der Waals surface area contributed by atoms with E-state index in [9.17, 15) is 0 Å². The van der Waals surface area contributed by atoms with Gasteiger partial charge in [0.25, 0.3) is 0 Å². The molecule has 2 unspecified atom stereocenters. The van der Waals surface area contributed by atoms with Crippen molar-refractivity contribution < 1.29 is 0 Å². The van der Waals surface area contributed by atoms with Crippen LogP contribution in [-0.2, 0) is 6.42 Å². The molecule has 2 bridgehead atoms. The highest BCUT2D eigenvalue weighted by molar-refractivity contribution is 7.99. The summed E-state index contributed by atoms with van der Waals surface area (Å²) in [6.45, 7) is 0. The zero-order chi connectivity index (χ0) is 20.6. The van der Waals surface area contributed by atoms with Gasteiger partial charge in [0.15, 0.2) is 0 Å². The molecule has 31 heavy (non-hydrogen) atoms. The van der Waals surface area contributed by atoms with E-state index in [1.165, 1.54) is 64.0 Å². The summed E-state index contributed by atoms with van der Waals surface area (Å²) in [5.74, 6) is 1.10. The molecule has 0 spiro atoms. The topological polar surface area (TPSA) is 19.0 Å². The SMILES string of the molecule is c1ccc(CCSc2ccc(N3C4CCCC3C4)c(-c3cc4ccccc4[nH]3)c2)cc1. The van der Waals surface area contributed by atoms with Crippen molar-refractivity contribution in [1.82, 2.24) is 4.98 Å². The Hall–Kier alpha value is -2.65. The number of nitrogens with one attached hydrogen (secondary N) is 1. The number of rotatable bonds is 6. The van der Waals surface area contributed by atoms with E-state index in [0.717, 1.165) is 24.3 Å². The third kappa shape index (κ3) is 3.65. The van der Waals surface area contributed by atoms with Gasteiger partial charge in [-0.2, -0.15) is 0 Å². The minimum Gasteiger partial charge on any atom is -0.365 e. The van der Waals surface area contributed by atoms with Crippen LogP contribution in [0.15, 0.2) is 83.8 Å². The second-order valence-corrected chi connectivity index (χ2v) is 10.1. The molecule has 6 rings (SSSR count). The molecule has 0 amide bonds. The fourth-order valence-corrected chi connectivity index (χ4v) is 6.33. The maximum Gasteiger partial charge on any atom is 0.0486 e. The number of benzene rings is 3. The van der Waals surface area contributed by atoms with Crippen LogP contribution in [0.2, 0.25) is 0 Å². The van der Waals surface area contributed by atoms with E-state index in [0.29, 0.717) is 0 Å². The average molecular weight is 425 g/mol. The summed E-state index contributed by atoms with van der Waals surface area (Å²) in [6.07, 6.45) is 6.55. The van der Waals surface area contributed by atoms with E-state index in [1.54, 1.807) is 0 Å². The Bertz CT molecular complexity index is 1150. The number of aromatic nitrogens is 1. The molecule has 1 N–H and O–H groups in total. The highest BCUT2D eigenvalue weighted by Gasteiger charge is 2.42. The second kappa shape index (κ2) is 8.12. The number of thioether (sulfide) groups is 1. The first-order valence-electron chi connectivity index (χ1n) is 11.5. The molecule has 0 radical (unpaired) electrons. The van der Waals surface area contributed by atoms with Crippen molar-refractivity contribution in [1.29, 1.82) is 0 Å². The van der Waals surface area contributed by atoms with Gasteiger partial charge in [0.2, 0.25) is 0 Å². The van der Waals surface area contributed by atoms with E-state index in [4.69, 9.17) is 0 Å². The standard InChI is InChI=1S/C28H28N2S/c1-2-7-20(8-3-1)15-16-31-24-13-14-28(30-22-10-6-11-23(30)18-22)25(19-24)27-17-21-9-4-5-12-26(21)29-27/h1-5,7-9,12-14,17,19,22-23,29H,6,10-11,15-16,18H2. The maximum absolute atomic E-state index is 3.69. The molecule has 4 aromatic rings. The number of H-pyrrole nitrogens is 1. The van der Waals surface area contributed by atoms with E-state index >= 15 is 0 Å². The maximum atomic E-state index is 3.69. The molecule has 3 heterocycles. The third-order valence-electron chi connectivity index (χ3n) is 6.97. The molecule has 2 saturated heterocycles. The number of piperidine rings is 1. The Morgan fingerprint density at radius 1 is 0.871 bits per heavy atom. The van der Waals surface area contributed by atoms with Crippen LogP contribution in [0.5, 0.6) is 0 Å². The first-order valence-corrected chi connectivity index (χ1v) is 12.5. The number of aryl methyl sites for hydroxylation is 1. The molecule has 2 fully saturated rings. The highest BCUT2D eigenvalue weighted by Crippen LogP contribution is 2.46. The normalized spacial score (nSPS) is 20.1. The van der Waals surface area contributed by atoms with Gasteiger partial charge >= 0.3 is 0 Å². The molecule has 3 aromatic carbocycles. The van der Waals surface area contributed by atoms with Crippen molar-refractivity contribution in [3.8, 4) is 11.3 Å². The number of hydrogen-bond donors (Lipinski definition) is 1. The van der Waals surface area contributed by atoms with E-state index in [1.807, 2.05) is 11.8 Å². The molecule has 0 saturated carbocycles. The van der Waals surface area contributed by atoms with Crippen molar-refractivity contribution in [2.45, 2.75) is 49.1 Å². The summed E-state index contributed by atoms with van der Waals surface area (Å²) in [5, 5.41) is 1.29. The number of anilines is 1. The lowest BCUT2D eigenvalue weighted by Crippen LogP contribution is -2.59. The Kier molecular flexibility index (Phi) is 5.00. The minimum absolute atomic E-state index is 0.735. The van der Waals surface area contributed by atoms with Crippen molar-refractivity contribution in [3.63, 3.8) is 0 Å². The summed E-state index contributed by atoms with van der Waals surface area (Å²) < 4.78 is 0. The molecule has 2 atom stereocenters. The van der Waals surface area contributed by atoms with Gasteiger partial charge in [-0.15, -0.1) is 11.8 Å². The average Bonchev–Trinajstić information content (AvgIpc) is 3.25. The first kappa shape index (κ1) is 19.1. The summed E-state index contributed by atoms with van der Waals surface area (Å²) >= 11 is 1.97. The predicted octanol–water partition coefficient (Wildman–Crippen LogP) is 7.30. The van der Waals surface area contributed by atoms with Crippen LogP contribution in [-0.4, -0.2) is 22.8 Å². The Labute approximate surface area is 188 Å². The smallest absolute Gasteiger partial charge is 0.0486 e. The van der Waals surface area contributed by atoms with Gasteiger partial charge in [-0.05, 0) is 68.0 Å². The number of aromatic amines is 1. The Balaban J connectivity index is 1.32. The molecule has 2 aliphatic heterocycles. The fraction of sp³-hybridized carbons (Fsp3) is 0.286. The summed E-state index contributed by atoms with van der Waals surface area (Å²) in [5.41, 5.74) is 6.65. The summed E-state index contributed by atoms with van der Waals surface area (Å²) in [4.78, 5) is 7.77. The van der Waals surface area contributed by atoms with E-state index in [-0.39, 0.29) is 0 Å². The molecule has 1 aromatic heterocycles. The largest absolute Gasteiger partial charge is 0.365 e. The number of para-hydroxylation sites is 1. The molecule has 3 heteroatoms. The Morgan fingerprint density at radius 3 is 2.48 bits per heavy atom. The van der Waals surface area contributed by atoms with Crippen molar-refractivity contribution >= 4 is 28.4 Å². The van der Waals surface area contributed by atoms with E-state index < -0.39 is 0 Å². The van der Waals surface area contributed by atoms with Gasteiger partial charge in [0, 0.05) is 50.6 Å². The fourth-order valence-electron chi connectivity index (χ4n) is 5.39. The lowest BCUT2D eigenvalue weighted by Gasteiger charge is -2.55. The number of hydrogen-bond acceptors (Lipinski definition) is 2. The lowest BCUT2D eigenvalue weighted by atomic mass is 9.79. The monoisotopic (exact) mass is 424 g/mol. The molecule has 2 nitrogen and oxygen atoms in total. The molecule has 156 valence electrons. The van der Waals surface area contributed by atoms with Gasteiger partial charge < -0.3 is 9.88 Å². The first-order chi connectivity index (χ1) is 15.3. The lowest BCUT2D eigenvalue weighted by molar-refractivity contribution is 0.244. The highest BCUT2D eigenvalue weighted by atomic mass is 32.2. The molecule has 0 aliphatic carbocycles. The zero-order valence-electron chi connectivity index (χ0n) is 17.8. The third-order valence-corrected chi connectivity index (χ3v) is 7.97. The van der Waals surface area contributed by atoms with Crippen LogP contribution in [0, 0.1) is 0 Å². The van der Waals surface area contributed by atoms with Gasteiger partial charge in [-0.3, -0.25) is 0 Å². The van der Waals surface area contributed by atoms with Gasteiger partial charge in [0.1, 0.15) is 0 Å². The predicted molar refractivity (Wildman–Crippen MR) is 133 cm³/mol. The van der Waals surface area contributed by atoms with Crippen LogP contribution in [0.3, 0.4) is 0 Å². The zero-order valence-corrected chi connectivity index (χ0v) is 18.6. The minimum atomic E-state index is 0.735. The molecule has 2 aliphatic rings. The van der Waals surface area contributed by atoms with Crippen LogP contribution in [0.25, 0.3) is 22.2 Å². The molecular weight excluding hydrogens is 396 g/mol. The van der Waals surface area contributed by atoms with Crippen LogP contribution in [0.4, 0.5) is 5.69 Å². The van der Waals surface area contributed by atoms with Crippen molar-refractivity contribution in [2.24, 2.45) is 0 Å². The van der Waals surface area contributed by atoms with Crippen molar-refractivity contribution in [3.05, 3.63) is 84.4 Å². The second-order valence-electron chi connectivity index (χ2n) is 8.91. The van der Waals surface area contributed by atoms with Gasteiger partial charge in [-0.25, -0.2) is 0 Å². The van der Waals surface area contributed by atoms with Crippen LogP contribution < -0.4 is 4.90 Å².